The van der Waals surface area contributed by atoms with Crippen molar-refractivity contribution in [2.45, 2.75) is 46.9 Å². The van der Waals surface area contributed by atoms with Gasteiger partial charge in [-0.1, -0.05) is 160 Å². The van der Waals surface area contributed by atoms with E-state index in [9.17, 15) is 5.11 Å². The monoisotopic (exact) mass is 844 g/mol. The number of benzene rings is 8. The van der Waals surface area contributed by atoms with E-state index in [1.165, 1.54) is 5.56 Å². The first kappa shape index (κ1) is 37.7. The second-order valence-electron chi connectivity index (χ2n) is 18.0. The molecule has 1 N–H and O–H groups in total. The van der Waals surface area contributed by atoms with Gasteiger partial charge in [-0.05, 0) is 142 Å². The van der Waals surface area contributed by atoms with E-state index in [1.54, 1.807) is 18.3 Å². The molecule has 4 nitrogen and oxygen atoms in total. The number of pyridine rings is 1. The second kappa shape index (κ2) is 16.7. The molecule has 0 spiro atoms. The first-order chi connectivity index (χ1) is 32.7. The molecule has 8 aromatic carbocycles. The predicted octanol–water partition coefficient (Wildman–Crippen LogP) is 16.0. The summed E-state index contributed by atoms with van der Waals surface area (Å²) in [5.41, 5.74) is 18.3. The molecule has 0 bridgehead atoms. The Bertz CT molecular complexity index is 3480. The molecule has 0 saturated heterocycles. The number of aromatic hydroxyl groups is 1. The lowest BCUT2D eigenvalue weighted by molar-refractivity contribution is 0.472. The first-order valence-corrected chi connectivity index (χ1v) is 22.1. The maximum absolute atomic E-state index is 12.0. The zero-order valence-electron chi connectivity index (χ0n) is 40.3. The summed E-state index contributed by atoms with van der Waals surface area (Å²) >= 11 is 0. The van der Waals surface area contributed by atoms with Gasteiger partial charge in [0.2, 0.25) is 0 Å². The van der Waals surface area contributed by atoms with Crippen LogP contribution in [-0.4, -0.2) is 19.6 Å². The number of para-hydroxylation sites is 1. The van der Waals surface area contributed by atoms with Crippen molar-refractivity contribution in [3.63, 3.8) is 0 Å². The van der Waals surface area contributed by atoms with Gasteiger partial charge < -0.3 is 5.11 Å². The van der Waals surface area contributed by atoms with Crippen LogP contribution < -0.4 is 0 Å². The van der Waals surface area contributed by atoms with Gasteiger partial charge in [0, 0.05) is 27.0 Å². The number of fused-ring (bicyclic) bond motifs is 1. The van der Waals surface area contributed by atoms with Gasteiger partial charge >= 0.3 is 0 Å². The summed E-state index contributed by atoms with van der Waals surface area (Å²) in [6, 6.07) is 64.2. The van der Waals surface area contributed by atoms with Crippen LogP contribution >= 0.6 is 0 Å². The zero-order valence-corrected chi connectivity index (χ0v) is 37.3. The van der Waals surface area contributed by atoms with Crippen LogP contribution in [0.5, 0.6) is 5.75 Å². The fourth-order valence-electron chi connectivity index (χ4n) is 9.15. The first-order valence-electron chi connectivity index (χ1n) is 23.6. The number of hydrogen-bond acceptors (Lipinski definition) is 3. The lowest BCUT2D eigenvalue weighted by Crippen LogP contribution is -2.14. The van der Waals surface area contributed by atoms with Crippen LogP contribution in [-0.2, 0) is 5.41 Å². The molecule has 0 amide bonds. The average Bonchev–Trinajstić information content (AvgIpc) is 3.74. The van der Waals surface area contributed by atoms with Gasteiger partial charge in [-0.25, -0.2) is 4.98 Å². The number of aryl methyl sites for hydroxylation is 3. The summed E-state index contributed by atoms with van der Waals surface area (Å²) in [4.78, 5) is 10.5. The molecule has 2 aromatic heterocycles. The molecule has 2 heterocycles. The molecule has 0 aliphatic carbocycles. The van der Waals surface area contributed by atoms with Crippen LogP contribution in [0.3, 0.4) is 0 Å². The highest BCUT2D eigenvalue weighted by Gasteiger charge is 2.27. The van der Waals surface area contributed by atoms with Crippen LogP contribution in [0.2, 0.25) is 0 Å². The minimum atomic E-state index is -2.18. The van der Waals surface area contributed by atoms with Crippen LogP contribution in [0.25, 0.3) is 95.0 Å². The van der Waals surface area contributed by atoms with Crippen LogP contribution in [0, 0.1) is 20.7 Å². The van der Waals surface area contributed by atoms with Crippen molar-refractivity contribution >= 4 is 11.0 Å². The molecular weight excluding hydrogens is 791 g/mol. The number of phenolic OH excluding ortho intramolecular Hbond substituents is 1. The fourth-order valence-corrected chi connectivity index (χ4v) is 9.15. The number of rotatable bonds is 8. The summed E-state index contributed by atoms with van der Waals surface area (Å²) < 4.78 is 25.9. The molecule has 0 aliphatic heterocycles. The summed E-state index contributed by atoms with van der Waals surface area (Å²) in [6.45, 7) is 8.62. The summed E-state index contributed by atoms with van der Waals surface area (Å²) in [6.07, 6.45) is 1.81. The molecule has 0 unspecified atom stereocenters. The van der Waals surface area contributed by atoms with Gasteiger partial charge in [-0.2, -0.15) is 0 Å². The van der Waals surface area contributed by atoms with E-state index in [2.05, 4.69) is 154 Å². The van der Waals surface area contributed by atoms with Crippen molar-refractivity contribution in [3.05, 3.63) is 217 Å². The molecule has 0 aliphatic rings. The average molecular weight is 845 g/mol. The number of phenols is 1. The van der Waals surface area contributed by atoms with Gasteiger partial charge in [-0.3, -0.25) is 9.55 Å². The van der Waals surface area contributed by atoms with Gasteiger partial charge in [0.05, 0.1) is 28.0 Å². The number of imidazole rings is 1. The topological polar surface area (TPSA) is 50.9 Å². The van der Waals surface area contributed by atoms with Crippen molar-refractivity contribution in [2.75, 3.05) is 0 Å². The Hall–Kier alpha value is -7.82. The molecular formula is C61H51N3O. The lowest BCUT2D eigenvalue weighted by atomic mass is 9.79. The largest absolute Gasteiger partial charge is 0.507 e. The summed E-state index contributed by atoms with van der Waals surface area (Å²) in [7, 11) is 0. The Balaban J connectivity index is 1.25. The van der Waals surface area contributed by atoms with E-state index in [-0.39, 0.29) is 11.2 Å². The Morgan fingerprint density at radius 2 is 1.12 bits per heavy atom. The third-order valence-corrected chi connectivity index (χ3v) is 12.4. The minimum absolute atomic E-state index is 0.188. The van der Waals surface area contributed by atoms with Crippen LogP contribution in [0.15, 0.2) is 194 Å². The summed E-state index contributed by atoms with van der Waals surface area (Å²) in [5.74, 6) is 0.826. The smallest absolute Gasteiger partial charge is 0.149 e. The summed E-state index contributed by atoms with van der Waals surface area (Å²) in [5, 5.41) is 12.0. The third kappa shape index (κ3) is 7.93. The fraction of sp³-hybridized carbons (Fsp3) is 0.115. The van der Waals surface area contributed by atoms with E-state index in [0.29, 0.717) is 17.0 Å². The molecule has 0 radical (unpaired) electrons. The predicted molar refractivity (Wildman–Crippen MR) is 271 cm³/mol. The number of hydrogen-bond donors (Lipinski definition) is 1. The Morgan fingerprint density at radius 3 is 1.80 bits per heavy atom. The van der Waals surface area contributed by atoms with E-state index >= 15 is 0 Å². The van der Waals surface area contributed by atoms with Gasteiger partial charge in [0.1, 0.15) is 11.6 Å². The van der Waals surface area contributed by atoms with E-state index in [0.717, 1.165) is 94.7 Å². The molecule has 316 valence electrons. The second-order valence-corrected chi connectivity index (χ2v) is 18.0. The molecule has 0 atom stereocenters. The molecule has 4 heteroatoms. The maximum atomic E-state index is 12.0. The highest BCUT2D eigenvalue weighted by atomic mass is 16.3. The van der Waals surface area contributed by atoms with Crippen molar-refractivity contribution in [3.8, 4) is 89.7 Å². The van der Waals surface area contributed by atoms with Crippen molar-refractivity contribution in [1.29, 1.82) is 0 Å². The number of aromatic nitrogens is 3. The quantitative estimate of drug-likeness (QED) is 0.166. The standard InChI is InChI=1S/C61H51N3O/c1-39-25-27-43(28-26-39)46-29-30-62-55(36-46)49-34-47(42-17-10-7-11-18-42)33-48(35-49)50-23-16-24-56-58(50)63-60(53-32-40(2)31-41(3)59(53)65)64(56)57-38-51(44-19-12-8-13-20-44)54(61(4,5)6)37-52(57)45-21-14-9-15-22-45/h7-38,65H,1-6H3/i1D3. The highest BCUT2D eigenvalue weighted by Crippen LogP contribution is 2.45. The molecule has 0 saturated carbocycles. The van der Waals surface area contributed by atoms with Crippen molar-refractivity contribution in [2.24, 2.45) is 0 Å². The van der Waals surface area contributed by atoms with Gasteiger partial charge in [-0.15, -0.1) is 0 Å². The maximum Gasteiger partial charge on any atom is 0.149 e. The minimum Gasteiger partial charge on any atom is -0.507 e. The van der Waals surface area contributed by atoms with Crippen LogP contribution in [0.1, 0.15) is 47.1 Å². The van der Waals surface area contributed by atoms with E-state index < -0.39 is 6.85 Å². The molecule has 0 fully saturated rings. The molecule has 65 heavy (non-hydrogen) atoms. The normalized spacial score (nSPS) is 12.5. The molecule has 10 aromatic rings. The van der Waals surface area contributed by atoms with E-state index in [1.807, 2.05) is 61.5 Å². The van der Waals surface area contributed by atoms with Crippen molar-refractivity contribution in [1.82, 2.24) is 14.5 Å². The van der Waals surface area contributed by atoms with Gasteiger partial charge in [0.25, 0.3) is 0 Å². The van der Waals surface area contributed by atoms with Gasteiger partial charge in [0.15, 0.2) is 0 Å². The van der Waals surface area contributed by atoms with Crippen molar-refractivity contribution < 1.29 is 9.22 Å². The third-order valence-electron chi connectivity index (χ3n) is 12.4. The zero-order chi connectivity index (χ0) is 47.3. The Labute approximate surface area is 386 Å². The lowest BCUT2D eigenvalue weighted by Gasteiger charge is -2.27. The number of nitrogens with zero attached hydrogens (tertiary/aromatic N) is 3. The van der Waals surface area contributed by atoms with E-state index in [4.69, 9.17) is 14.1 Å². The van der Waals surface area contributed by atoms with Crippen LogP contribution in [0.4, 0.5) is 0 Å². The Morgan fingerprint density at radius 1 is 0.492 bits per heavy atom. The highest BCUT2D eigenvalue weighted by molar-refractivity contribution is 5.99. The Kier molecular flexibility index (Phi) is 9.69. The molecule has 10 rings (SSSR count). The SMILES string of the molecule is [2H]C([2H])([2H])c1ccc(-c2ccnc(-c3cc(-c4ccccc4)cc(-c4cccc5c4nc(-c4cc(C)cc(C)c4O)n5-c4cc(-c5ccccc5)c(C(C)(C)C)cc4-c4ccccc4)c3)c2)cc1.